The molecule has 17 heavy (non-hydrogen) atoms. The third-order valence-corrected chi connectivity index (χ3v) is 3.76. The first-order chi connectivity index (χ1) is 8.33. The summed E-state index contributed by atoms with van der Waals surface area (Å²) in [5.41, 5.74) is 0. The highest BCUT2D eigenvalue weighted by Crippen LogP contribution is 2.18. The summed E-state index contributed by atoms with van der Waals surface area (Å²) in [6.07, 6.45) is 9.19. The zero-order chi connectivity index (χ0) is 12.3. The molecule has 98 valence electrons. The van der Waals surface area contributed by atoms with Crippen molar-refractivity contribution in [3.8, 4) is 0 Å². The van der Waals surface area contributed by atoms with Gasteiger partial charge in [-0.2, -0.15) is 12.6 Å². The summed E-state index contributed by atoms with van der Waals surface area (Å²) in [6.45, 7) is 1.82. The predicted octanol–water partition coefficient (Wildman–Crippen LogP) is 4.13. The molecule has 0 spiro atoms. The van der Waals surface area contributed by atoms with E-state index < -0.39 is 0 Å². The number of nitrogens with zero attached hydrogens (tertiary/aromatic N) is 2. The number of thiol groups is 1. The van der Waals surface area contributed by atoms with Crippen LogP contribution in [0.4, 0.5) is 0 Å². The van der Waals surface area contributed by atoms with Gasteiger partial charge in [-0.1, -0.05) is 43.9 Å². The number of hydrogen-bond donors (Lipinski definition) is 1. The summed E-state index contributed by atoms with van der Waals surface area (Å²) >= 11 is 5.87. The molecular formula is C12H22N2OS2. The molecule has 1 aromatic heterocycles. The van der Waals surface area contributed by atoms with Crippen molar-refractivity contribution in [1.82, 2.24) is 10.2 Å². The van der Waals surface area contributed by atoms with Crippen molar-refractivity contribution in [3.63, 3.8) is 0 Å². The molecule has 0 unspecified atom stereocenters. The molecule has 0 radical (unpaired) electrons. The van der Waals surface area contributed by atoms with Crippen LogP contribution in [0, 0.1) is 6.92 Å². The first kappa shape index (κ1) is 14.9. The van der Waals surface area contributed by atoms with Crippen molar-refractivity contribution in [1.29, 1.82) is 0 Å². The molecule has 0 aromatic carbocycles. The number of aryl methyl sites for hydroxylation is 1. The Morgan fingerprint density at radius 1 is 1.00 bits per heavy atom. The number of rotatable bonds is 10. The number of thioether (sulfide) groups is 1. The molecule has 0 amide bonds. The maximum absolute atomic E-state index is 5.29. The third kappa shape index (κ3) is 7.71. The van der Waals surface area contributed by atoms with Gasteiger partial charge in [-0.05, 0) is 18.6 Å². The van der Waals surface area contributed by atoms with E-state index in [2.05, 4.69) is 22.8 Å². The standard InChI is InChI=1S/C12H22N2OS2/c1-11-13-14-12(15-11)17-10-8-6-4-2-3-5-7-9-16/h16H,2-10H2,1H3. The lowest BCUT2D eigenvalue weighted by molar-refractivity contribution is 0.429. The average molecular weight is 274 g/mol. The molecule has 5 heteroatoms. The maximum Gasteiger partial charge on any atom is 0.276 e. The Balaban J connectivity index is 1.84. The first-order valence-corrected chi connectivity index (χ1v) is 7.98. The molecule has 0 N–H and O–H groups in total. The number of aromatic nitrogens is 2. The smallest absolute Gasteiger partial charge is 0.276 e. The molecule has 0 fully saturated rings. The van der Waals surface area contributed by atoms with Crippen LogP contribution in [0.1, 0.15) is 50.8 Å². The number of hydrogen-bond acceptors (Lipinski definition) is 5. The molecule has 0 aliphatic carbocycles. The average Bonchev–Trinajstić information content (AvgIpc) is 2.73. The summed E-state index contributed by atoms with van der Waals surface area (Å²) in [5, 5.41) is 8.46. The van der Waals surface area contributed by atoms with Crippen LogP contribution in [0.3, 0.4) is 0 Å². The van der Waals surface area contributed by atoms with Crippen LogP contribution in [-0.4, -0.2) is 21.7 Å². The van der Waals surface area contributed by atoms with E-state index in [4.69, 9.17) is 4.42 Å². The zero-order valence-electron chi connectivity index (χ0n) is 10.5. The SMILES string of the molecule is Cc1nnc(SCCCCCCCCCS)o1. The molecule has 1 rings (SSSR count). The van der Waals surface area contributed by atoms with Crippen molar-refractivity contribution in [3.05, 3.63) is 5.89 Å². The van der Waals surface area contributed by atoms with Crippen LogP contribution in [-0.2, 0) is 0 Å². The molecule has 0 atom stereocenters. The van der Waals surface area contributed by atoms with Crippen molar-refractivity contribution >= 4 is 24.4 Å². The highest BCUT2D eigenvalue weighted by Gasteiger charge is 2.01. The summed E-state index contributed by atoms with van der Waals surface area (Å²) in [6, 6.07) is 0. The van der Waals surface area contributed by atoms with Gasteiger partial charge in [0.1, 0.15) is 0 Å². The minimum absolute atomic E-state index is 0.650. The predicted molar refractivity (Wildman–Crippen MR) is 75.9 cm³/mol. The zero-order valence-corrected chi connectivity index (χ0v) is 12.2. The minimum Gasteiger partial charge on any atom is -0.416 e. The fourth-order valence-corrected chi connectivity index (χ4v) is 2.62. The molecule has 0 aliphatic heterocycles. The van der Waals surface area contributed by atoms with E-state index >= 15 is 0 Å². The molecule has 0 saturated heterocycles. The second-order valence-corrected chi connectivity index (χ2v) is 5.63. The quantitative estimate of drug-likeness (QED) is 0.395. The van der Waals surface area contributed by atoms with Crippen LogP contribution in [0.2, 0.25) is 0 Å². The largest absolute Gasteiger partial charge is 0.416 e. The van der Waals surface area contributed by atoms with Gasteiger partial charge in [0, 0.05) is 12.7 Å². The van der Waals surface area contributed by atoms with E-state index in [9.17, 15) is 0 Å². The summed E-state index contributed by atoms with van der Waals surface area (Å²) < 4.78 is 5.29. The van der Waals surface area contributed by atoms with Crippen molar-refractivity contribution in [2.24, 2.45) is 0 Å². The van der Waals surface area contributed by atoms with Crippen LogP contribution in [0.5, 0.6) is 0 Å². The lowest BCUT2D eigenvalue weighted by atomic mass is 10.1. The van der Waals surface area contributed by atoms with Crippen LogP contribution in [0.15, 0.2) is 9.64 Å². The van der Waals surface area contributed by atoms with E-state index in [0.717, 1.165) is 11.5 Å². The maximum atomic E-state index is 5.29. The van der Waals surface area contributed by atoms with E-state index in [0.29, 0.717) is 11.1 Å². The summed E-state index contributed by atoms with van der Waals surface area (Å²) in [5.74, 6) is 2.76. The summed E-state index contributed by atoms with van der Waals surface area (Å²) in [4.78, 5) is 0. The monoisotopic (exact) mass is 274 g/mol. The van der Waals surface area contributed by atoms with E-state index in [1.807, 2.05) is 6.92 Å². The lowest BCUT2D eigenvalue weighted by Crippen LogP contribution is -1.84. The molecule has 0 aliphatic rings. The van der Waals surface area contributed by atoms with Crippen molar-refractivity contribution in [2.45, 2.75) is 57.1 Å². The van der Waals surface area contributed by atoms with Gasteiger partial charge >= 0.3 is 0 Å². The van der Waals surface area contributed by atoms with Crippen molar-refractivity contribution < 1.29 is 4.42 Å². The fraction of sp³-hybridized carbons (Fsp3) is 0.833. The molecule has 0 saturated carbocycles. The van der Waals surface area contributed by atoms with Gasteiger partial charge in [-0.15, -0.1) is 10.2 Å². The fourth-order valence-electron chi connectivity index (χ4n) is 1.59. The highest BCUT2D eigenvalue weighted by atomic mass is 32.2. The van der Waals surface area contributed by atoms with Gasteiger partial charge in [0.25, 0.3) is 5.22 Å². The molecular weight excluding hydrogens is 252 g/mol. The Labute approximate surface area is 114 Å². The molecule has 0 bridgehead atoms. The number of unbranched alkanes of at least 4 members (excludes halogenated alkanes) is 6. The molecule has 1 heterocycles. The third-order valence-electron chi connectivity index (χ3n) is 2.54. The Morgan fingerprint density at radius 2 is 1.65 bits per heavy atom. The van der Waals surface area contributed by atoms with Gasteiger partial charge in [0.15, 0.2) is 0 Å². The molecule has 1 aromatic rings. The molecule has 3 nitrogen and oxygen atoms in total. The highest BCUT2D eigenvalue weighted by molar-refractivity contribution is 7.99. The Bertz CT molecular complexity index is 292. The van der Waals surface area contributed by atoms with Gasteiger partial charge in [0.05, 0.1) is 0 Å². The Morgan fingerprint density at radius 3 is 2.24 bits per heavy atom. The van der Waals surface area contributed by atoms with Crippen LogP contribution < -0.4 is 0 Å². The normalized spacial score (nSPS) is 10.9. The Kier molecular flexibility index (Phi) is 8.61. The van der Waals surface area contributed by atoms with Crippen molar-refractivity contribution in [2.75, 3.05) is 11.5 Å². The van der Waals surface area contributed by atoms with Gasteiger partial charge < -0.3 is 4.42 Å². The Hall–Kier alpha value is -0.160. The van der Waals surface area contributed by atoms with E-state index in [1.165, 1.54) is 44.9 Å². The second-order valence-electron chi connectivity index (χ2n) is 4.13. The van der Waals surface area contributed by atoms with Gasteiger partial charge in [-0.25, -0.2) is 0 Å². The van der Waals surface area contributed by atoms with Gasteiger partial charge in [-0.3, -0.25) is 0 Å². The topological polar surface area (TPSA) is 38.9 Å². The van der Waals surface area contributed by atoms with Gasteiger partial charge in [0.2, 0.25) is 5.89 Å². The minimum atomic E-state index is 0.650. The second kappa shape index (κ2) is 9.83. The first-order valence-electron chi connectivity index (χ1n) is 6.36. The van der Waals surface area contributed by atoms with Crippen LogP contribution >= 0.6 is 24.4 Å². The van der Waals surface area contributed by atoms with Crippen LogP contribution in [0.25, 0.3) is 0 Å². The lowest BCUT2D eigenvalue weighted by Gasteiger charge is -2.00. The van der Waals surface area contributed by atoms with E-state index in [1.54, 1.807) is 11.8 Å². The summed E-state index contributed by atoms with van der Waals surface area (Å²) in [7, 11) is 0. The van der Waals surface area contributed by atoms with E-state index in [-0.39, 0.29) is 0 Å².